The first-order valence-electron chi connectivity index (χ1n) is 8.84. The first-order chi connectivity index (χ1) is 12.3. The minimum Gasteiger partial charge on any atom is -0.481 e. The van der Waals surface area contributed by atoms with Crippen LogP contribution >= 0.6 is 0 Å². The number of anilines is 1. The molecule has 9 heteroatoms. The maximum atomic E-state index is 13.5. The molecule has 2 aliphatic heterocycles. The summed E-state index contributed by atoms with van der Waals surface area (Å²) in [5.41, 5.74) is -1.23. The molecule has 0 bridgehead atoms. The van der Waals surface area contributed by atoms with E-state index in [2.05, 4.69) is 9.97 Å². The van der Waals surface area contributed by atoms with Gasteiger partial charge in [-0.25, -0.2) is 9.97 Å². The fraction of sp³-hybridized carbons (Fsp3) is 0.706. The second-order valence-corrected chi connectivity index (χ2v) is 7.37. The molecule has 1 N–H and O–H groups in total. The zero-order valence-corrected chi connectivity index (χ0v) is 14.2. The van der Waals surface area contributed by atoms with Gasteiger partial charge in [0.15, 0.2) is 5.69 Å². The van der Waals surface area contributed by atoms with Crippen LogP contribution in [0.25, 0.3) is 0 Å². The average molecular weight is 371 g/mol. The maximum absolute atomic E-state index is 13.5. The second kappa shape index (κ2) is 6.07. The lowest BCUT2D eigenvalue weighted by atomic mass is 9.74. The first-order valence-corrected chi connectivity index (χ1v) is 8.84. The summed E-state index contributed by atoms with van der Waals surface area (Å²) in [6, 6.07) is 0. The third-order valence-corrected chi connectivity index (χ3v) is 5.86. The van der Waals surface area contributed by atoms with E-state index in [9.17, 15) is 23.1 Å². The van der Waals surface area contributed by atoms with Gasteiger partial charge in [-0.05, 0) is 32.1 Å². The standard InChI is InChI=1S/C17H20F3N3O3/c18-17(19,20)13-11-3-1-2-4-12(11)21-15(22-13)23-7-10-8-26-6-5-16(10,9-23)14(24)25/h10H,1-9H2,(H,24,25)/t10-,16+/m1/s1. The van der Waals surface area contributed by atoms with Crippen LogP contribution in [0.15, 0.2) is 0 Å². The van der Waals surface area contributed by atoms with Gasteiger partial charge in [0.25, 0.3) is 0 Å². The van der Waals surface area contributed by atoms with E-state index >= 15 is 0 Å². The van der Waals surface area contributed by atoms with Crippen LogP contribution in [0.4, 0.5) is 19.1 Å². The number of aryl methyl sites for hydroxylation is 1. The minimum atomic E-state index is -4.54. The van der Waals surface area contributed by atoms with Gasteiger partial charge in [0.1, 0.15) is 0 Å². The largest absolute Gasteiger partial charge is 0.481 e. The van der Waals surface area contributed by atoms with Crippen molar-refractivity contribution in [2.45, 2.75) is 38.3 Å². The lowest BCUT2D eigenvalue weighted by molar-refractivity contribution is -0.157. The van der Waals surface area contributed by atoms with E-state index in [1.807, 2.05) is 0 Å². The Morgan fingerprint density at radius 1 is 1.27 bits per heavy atom. The summed E-state index contributed by atoms with van der Waals surface area (Å²) < 4.78 is 46.0. The van der Waals surface area contributed by atoms with E-state index in [4.69, 9.17) is 4.74 Å². The van der Waals surface area contributed by atoms with E-state index in [1.165, 1.54) is 0 Å². The van der Waals surface area contributed by atoms with Crippen molar-refractivity contribution in [2.24, 2.45) is 11.3 Å². The highest BCUT2D eigenvalue weighted by Gasteiger charge is 2.54. The number of rotatable bonds is 2. The molecule has 6 nitrogen and oxygen atoms in total. The number of fused-ring (bicyclic) bond motifs is 2. The summed E-state index contributed by atoms with van der Waals surface area (Å²) in [7, 11) is 0. The number of carboxylic acids is 1. The molecule has 3 heterocycles. The van der Waals surface area contributed by atoms with Gasteiger partial charge in [-0.3, -0.25) is 4.79 Å². The number of carbonyl (C=O) groups is 1. The van der Waals surface area contributed by atoms with Gasteiger partial charge in [-0.1, -0.05) is 0 Å². The number of halogens is 3. The Balaban J connectivity index is 1.73. The van der Waals surface area contributed by atoms with Gasteiger partial charge in [0.05, 0.1) is 12.0 Å². The molecule has 1 aromatic rings. The lowest BCUT2D eigenvalue weighted by Crippen LogP contribution is -2.44. The zero-order chi connectivity index (χ0) is 18.5. The molecule has 26 heavy (non-hydrogen) atoms. The number of aliphatic carboxylic acids is 1. The maximum Gasteiger partial charge on any atom is 0.433 e. The van der Waals surface area contributed by atoms with Crippen LogP contribution in [0.3, 0.4) is 0 Å². The number of hydrogen-bond donors (Lipinski definition) is 1. The summed E-state index contributed by atoms with van der Waals surface area (Å²) in [6.45, 7) is 1.05. The van der Waals surface area contributed by atoms with Gasteiger partial charge >= 0.3 is 12.1 Å². The Bertz CT molecular complexity index is 740. The third kappa shape index (κ3) is 2.72. The summed E-state index contributed by atoms with van der Waals surface area (Å²) in [4.78, 5) is 21.7. The Morgan fingerprint density at radius 3 is 2.73 bits per heavy atom. The number of ether oxygens (including phenoxy) is 1. The predicted octanol–water partition coefficient (Wildman–Crippen LogP) is 2.30. The van der Waals surface area contributed by atoms with Crippen molar-refractivity contribution in [3.8, 4) is 0 Å². The first kappa shape index (κ1) is 17.5. The Kier molecular flexibility index (Phi) is 4.09. The normalized spacial score (nSPS) is 28.6. The van der Waals surface area contributed by atoms with Crippen molar-refractivity contribution in [3.05, 3.63) is 17.0 Å². The van der Waals surface area contributed by atoms with E-state index in [0.717, 1.165) is 6.42 Å². The van der Waals surface area contributed by atoms with Gasteiger partial charge < -0.3 is 14.7 Å². The second-order valence-electron chi connectivity index (χ2n) is 7.37. The third-order valence-electron chi connectivity index (χ3n) is 5.86. The highest BCUT2D eigenvalue weighted by Crippen LogP contribution is 2.44. The van der Waals surface area contributed by atoms with Gasteiger partial charge in [0.2, 0.25) is 5.95 Å². The Labute approximate surface area is 148 Å². The summed E-state index contributed by atoms with van der Waals surface area (Å²) in [5, 5.41) is 9.74. The molecular weight excluding hydrogens is 351 g/mol. The highest BCUT2D eigenvalue weighted by atomic mass is 19.4. The minimum absolute atomic E-state index is 0.00648. The van der Waals surface area contributed by atoms with Crippen LogP contribution in [0.5, 0.6) is 0 Å². The lowest BCUT2D eigenvalue weighted by Gasteiger charge is -2.33. The molecule has 2 atom stereocenters. The molecule has 0 amide bonds. The monoisotopic (exact) mass is 371 g/mol. The molecule has 0 spiro atoms. The van der Waals surface area contributed by atoms with E-state index < -0.39 is 23.3 Å². The number of carboxylic acid groups (broad SMARTS) is 1. The van der Waals surface area contributed by atoms with Crippen molar-refractivity contribution < 1.29 is 27.8 Å². The van der Waals surface area contributed by atoms with Crippen LogP contribution < -0.4 is 4.90 Å². The molecule has 2 fully saturated rings. The molecular formula is C17H20F3N3O3. The smallest absolute Gasteiger partial charge is 0.433 e. The number of aromatic nitrogens is 2. The Hall–Kier alpha value is -1.90. The molecule has 4 rings (SSSR count). The van der Waals surface area contributed by atoms with Crippen LogP contribution in [0, 0.1) is 11.3 Å². The number of nitrogens with zero attached hydrogens (tertiary/aromatic N) is 3. The SMILES string of the molecule is O=C(O)[C@]12CCOC[C@H]1CN(c1nc3c(c(C(F)(F)F)n1)CCCC3)C2. The summed E-state index contributed by atoms with van der Waals surface area (Å²) in [6.07, 6.45) is -1.86. The van der Waals surface area contributed by atoms with Crippen LogP contribution in [-0.4, -0.2) is 47.3 Å². The van der Waals surface area contributed by atoms with Crippen LogP contribution in [0.1, 0.15) is 36.2 Å². The quantitative estimate of drug-likeness (QED) is 0.860. The number of hydrogen-bond acceptors (Lipinski definition) is 5. The van der Waals surface area contributed by atoms with Crippen molar-refractivity contribution in [3.63, 3.8) is 0 Å². The molecule has 0 radical (unpaired) electrons. The van der Waals surface area contributed by atoms with Crippen LogP contribution in [-0.2, 0) is 28.5 Å². The highest BCUT2D eigenvalue weighted by molar-refractivity contribution is 5.77. The zero-order valence-electron chi connectivity index (χ0n) is 14.2. The summed E-state index contributed by atoms with van der Waals surface area (Å²) in [5.74, 6) is -1.21. The van der Waals surface area contributed by atoms with E-state index in [0.29, 0.717) is 51.1 Å². The summed E-state index contributed by atoms with van der Waals surface area (Å²) >= 11 is 0. The van der Waals surface area contributed by atoms with E-state index in [1.54, 1.807) is 4.90 Å². The van der Waals surface area contributed by atoms with Crippen molar-refractivity contribution >= 4 is 11.9 Å². The molecule has 142 valence electrons. The van der Waals surface area contributed by atoms with Crippen molar-refractivity contribution in [1.29, 1.82) is 0 Å². The topological polar surface area (TPSA) is 75.6 Å². The van der Waals surface area contributed by atoms with Gasteiger partial charge in [-0.15, -0.1) is 0 Å². The fourth-order valence-corrected chi connectivity index (χ4v) is 4.41. The molecule has 0 unspecified atom stereocenters. The number of alkyl halides is 3. The molecule has 0 saturated carbocycles. The van der Waals surface area contributed by atoms with Crippen molar-refractivity contribution in [2.75, 3.05) is 31.2 Å². The van der Waals surface area contributed by atoms with Gasteiger partial charge in [0, 0.05) is 36.9 Å². The molecule has 2 saturated heterocycles. The molecule has 1 aromatic heterocycles. The predicted molar refractivity (Wildman–Crippen MR) is 84.9 cm³/mol. The van der Waals surface area contributed by atoms with Crippen molar-refractivity contribution in [1.82, 2.24) is 9.97 Å². The Morgan fingerprint density at radius 2 is 2.04 bits per heavy atom. The molecule has 3 aliphatic rings. The van der Waals surface area contributed by atoms with Gasteiger partial charge in [-0.2, -0.15) is 13.2 Å². The molecule has 1 aliphatic carbocycles. The van der Waals surface area contributed by atoms with Crippen LogP contribution in [0.2, 0.25) is 0 Å². The molecule has 0 aromatic carbocycles. The fourth-order valence-electron chi connectivity index (χ4n) is 4.41. The van der Waals surface area contributed by atoms with E-state index in [-0.39, 0.29) is 24.0 Å². The average Bonchev–Trinajstić information content (AvgIpc) is 3.01.